The zero-order valence-corrected chi connectivity index (χ0v) is 14.4. The van der Waals surface area contributed by atoms with Crippen molar-refractivity contribution in [2.24, 2.45) is 11.8 Å². The second-order valence-corrected chi connectivity index (χ2v) is 6.27. The highest BCUT2D eigenvalue weighted by atomic mass is 35.5. The molecule has 1 fully saturated rings. The Bertz CT molecular complexity index is 782. The fraction of sp³-hybridized carbons (Fsp3) is 0.278. The average molecular weight is 360 g/mol. The fourth-order valence-corrected chi connectivity index (χ4v) is 2.83. The van der Waals surface area contributed by atoms with Crippen LogP contribution in [0.5, 0.6) is 5.75 Å². The molecule has 1 aliphatic rings. The van der Waals surface area contributed by atoms with Crippen molar-refractivity contribution in [1.29, 1.82) is 0 Å². The van der Waals surface area contributed by atoms with E-state index in [1.807, 2.05) is 12.1 Å². The van der Waals surface area contributed by atoms with Crippen LogP contribution in [0.3, 0.4) is 0 Å². The van der Waals surface area contributed by atoms with Crippen LogP contribution < -0.4 is 15.4 Å². The number of nitrogens with zero attached hydrogens (tertiary/aromatic N) is 1. The quantitative estimate of drug-likeness (QED) is 0.830. The fourth-order valence-electron chi connectivity index (χ4n) is 2.58. The molecule has 6 nitrogen and oxygen atoms in total. The Morgan fingerprint density at radius 1 is 1.28 bits per heavy atom. The Kier molecular flexibility index (Phi) is 5.19. The molecule has 1 saturated carbocycles. The summed E-state index contributed by atoms with van der Waals surface area (Å²) in [5.41, 5.74) is 1.50. The summed E-state index contributed by atoms with van der Waals surface area (Å²) in [6.07, 6.45) is 3.93. The van der Waals surface area contributed by atoms with Crippen LogP contribution in [-0.4, -0.2) is 23.9 Å². The van der Waals surface area contributed by atoms with E-state index in [1.54, 1.807) is 30.6 Å². The van der Waals surface area contributed by atoms with Crippen molar-refractivity contribution in [3.8, 4) is 5.75 Å². The van der Waals surface area contributed by atoms with E-state index >= 15 is 0 Å². The summed E-state index contributed by atoms with van der Waals surface area (Å²) in [5, 5.41) is 6.04. The Morgan fingerprint density at radius 2 is 2.08 bits per heavy atom. The van der Waals surface area contributed by atoms with Gasteiger partial charge in [0.15, 0.2) is 0 Å². The first kappa shape index (κ1) is 17.2. The van der Waals surface area contributed by atoms with Crippen molar-refractivity contribution in [2.45, 2.75) is 13.0 Å². The van der Waals surface area contributed by atoms with Gasteiger partial charge in [0, 0.05) is 24.6 Å². The average Bonchev–Trinajstić information content (AvgIpc) is 3.42. The molecule has 2 unspecified atom stereocenters. The van der Waals surface area contributed by atoms with Crippen molar-refractivity contribution < 1.29 is 14.3 Å². The van der Waals surface area contributed by atoms with E-state index in [4.69, 9.17) is 16.3 Å². The molecule has 7 heteroatoms. The highest BCUT2D eigenvalue weighted by molar-refractivity contribution is 6.32. The maximum Gasteiger partial charge on any atom is 0.228 e. The van der Waals surface area contributed by atoms with Crippen LogP contribution in [0.1, 0.15) is 12.0 Å². The maximum atomic E-state index is 12.3. The van der Waals surface area contributed by atoms with Gasteiger partial charge in [0.2, 0.25) is 11.8 Å². The van der Waals surface area contributed by atoms with E-state index in [1.165, 1.54) is 7.11 Å². The van der Waals surface area contributed by atoms with Gasteiger partial charge in [-0.25, -0.2) is 0 Å². The van der Waals surface area contributed by atoms with Gasteiger partial charge in [-0.2, -0.15) is 0 Å². The number of carbonyl (C=O) groups excluding carboxylic acids is 2. The third-order valence-corrected chi connectivity index (χ3v) is 4.37. The van der Waals surface area contributed by atoms with E-state index < -0.39 is 0 Å². The lowest BCUT2D eigenvalue weighted by atomic mass is 10.2. The van der Waals surface area contributed by atoms with Gasteiger partial charge in [-0.15, -0.1) is 0 Å². The molecule has 2 aromatic rings. The van der Waals surface area contributed by atoms with Crippen LogP contribution in [0.4, 0.5) is 5.69 Å². The number of amides is 2. The number of hydrogen-bond donors (Lipinski definition) is 2. The van der Waals surface area contributed by atoms with E-state index in [-0.39, 0.29) is 23.7 Å². The summed E-state index contributed by atoms with van der Waals surface area (Å²) >= 11 is 6.04. The summed E-state index contributed by atoms with van der Waals surface area (Å²) in [4.78, 5) is 28.4. The van der Waals surface area contributed by atoms with E-state index in [2.05, 4.69) is 15.6 Å². The SMILES string of the molecule is COc1ccc(NC(=O)C2CC2C(=O)NCc2cccnc2)cc1Cl. The number of anilines is 1. The van der Waals surface area contributed by atoms with Crippen molar-refractivity contribution in [2.75, 3.05) is 12.4 Å². The predicted molar refractivity (Wildman–Crippen MR) is 94.3 cm³/mol. The lowest BCUT2D eigenvalue weighted by molar-refractivity contribution is -0.125. The number of hydrogen-bond acceptors (Lipinski definition) is 4. The highest BCUT2D eigenvalue weighted by Gasteiger charge is 2.47. The molecule has 130 valence electrons. The number of pyridine rings is 1. The summed E-state index contributed by atoms with van der Waals surface area (Å²) in [5.74, 6) is -0.349. The predicted octanol–water partition coefficient (Wildman–Crippen LogP) is 2.63. The second kappa shape index (κ2) is 7.53. The largest absolute Gasteiger partial charge is 0.495 e. The minimum atomic E-state index is -0.310. The molecule has 0 radical (unpaired) electrons. The number of benzene rings is 1. The summed E-state index contributed by atoms with van der Waals surface area (Å²) in [6, 6.07) is 8.72. The lowest BCUT2D eigenvalue weighted by Crippen LogP contribution is -2.27. The van der Waals surface area contributed by atoms with Crippen molar-refractivity contribution in [3.63, 3.8) is 0 Å². The number of methoxy groups -OCH3 is 1. The molecule has 0 saturated heterocycles. The van der Waals surface area contributed by atoms with Gasteiger partial charge in [0.1, 0.15) is 5.75 Å². The monoisotopic (exact) mass is 359 g/mol. The molecule has 1 heterocycles. The Balaban J connectivity index is 1.50. The van der Waals surface area contributed by atoms with Gasteiger partial charge in [-0.1, -0.05) is 17.7 Å². The van der Waals surface area contributed by atoms with Gasteiger partial charge < -0.3 is 15.4 Å². The van der Waals surface area contributed by atoms with Gasteiger partial charge >= 0.3 is 0 Å². The summed E-state index contributed by atoms with van der Waals surface area (Å²) in [6.45, 7) is 0.408. The first-order valence-corrected chi connectivity index (χ1v) is 8.27. The molecule has 2 amide bonds. The number of carbonyl (C=O) groups is 2. The number of aromatic nitrogens is 1. The van der Waals surface area contributed by atoms with Crippen LogP contribution in [0.15, 0.2) is 42.7 Å². The molecule has 3 rings (SSSR count). The zero-order valence-electron chi connectivity index (χ0n) is 13.7. The lowest BCUT2D eigenvalue weighted by Gasteiger charge is -2.08. The molecule has 2 N–H and O–H groups in total. The van der Waals surface area contributed by atoms with E-state index in [0.717, 1.165) is 5.56 Å². The van der Waals surface area contributed by atoms with Crippen LogP contribution in [0.2, 0.25) is 5.02 Å². The third kappa shape index (κ3) is 4.28. The zero-order chi connectivity index (χ0) is 17.8. The van der Waals surface area contributed by atoms with Crippen molar-refractivity contribution in [3.05, 3.63) is 53.3 Å². The van der Waals surface area contributed by atoms with Gasteiger partial charge in [-0.3, -0.25) is 14.6 Å². The number of rotatable bonds is 6. The van der Waals surface area contributed by atoms with Crippen LogP contribution in [0, 0.1) is 11.8 Å². The molecular weight excluding hydrogens is 342 g/mol. The molecule has 25 heavy (non-hydrogen) atoms. The molecule has 1 aromatic carbocycles. The van der Waals surface area contributed by atoms with Gasteiger partial charge in [0.05, 0.1) is 24.0 Å². The first-order chi connectivity index (χ1) is 12.1. The third-order valence-electron chi connectivity index (χ3n) is 4.07. The normalized spacial score (nSPS) is 18.3. The second-order valence-electron chi connectivity index (χ2n) is 5.87. The summed E-state index contributed by atoms with van der Waals surface area (Å²) < 4.78 is 5.07. The minimum Gasteiger partial charge on any atom is -0.495 e. The summed E-state index contributed by atoms with van der Waals surface area (Å²) in [7, 11) is 1.53. The molecule has 1 aliphatic carbocycles. The number of halogens is 1. The standard InChI is InChI=1S/C18H18ClN3O3/c1-25-16-5-4-12(7-15(16)19)22-18(24)14-8-13(14)17(23)21-10-11-3-2-6-20-9-11/h2-7,9,13-14H,8,10H2,1H3,(H,21,23)(H,22,24). The highest BCUT2D eigenvalue weighted by Crippen LogP contribution is 2.40. The first-order valence-electron chi connectivity index (χ1n) is 7.89. The van der Waals surface area contributed by atoms with E-state index in [0.29, 0.717) is 29.4 Å². The van der Waals surface area contributed by atoms with Gasteiger partial charge in [-0.05, 0) is 36.2 Å². The topological polar surface area (TPSA) is 80.3 Å². The Labute approximate surface area is 150 Å². The number of ether oxygens (including phenoxy) is 1. The molecule has 1 aromatic heterocycles. The molecule has 0 aliphatic heterocycles. The van der Waals surface area contributed by atoms with Crippen molar-refractivity contribution >= 4 is 29.1 Å². The van der Waals surface area contributed by atoms with E-state index in [9.17, 15) is 9.59 Å². The molecular formula is C18H18ClN3O3. The Morgan fingerprint density at radius 3 is 2.76 bits per heavy atom. The molecule has 0 bridgehead atoms. The Hall–Kier alpha value is -2.60. The van der Waals surface area contributed by atoms with Crippen molar-refractivity contribution in [1.82, 2.24) is 10.3 Å². The van der Waals surface area contributed by atoms with Crippen LogP contribution >= 0.6 is 11.6 Å². The van der Waals surface area contributed by atoms with Crippen LogP contribution in [-0.2, 0) is 16.1 Å². The van der Waals surface area contributed by atoms with Gasteiger partial charge in [0.25, 0.3) is 0 Å². The smallest absolute Gasteiger partial charge is 0.228 e. The number of nitrogens with one attached hydrogen (secondary N) is 2. The minimum absolute atomic E-state index is 0.114. The van der Waals surface area contributed by atoms with Crippen LogP contribution in [0.25, 0.3) is 0 Å². The molecule has 2 atom stereocenters. The molecule has 0 spiro atoms. The maximum absolute atomic E-state index is 12.3.